The van der Waals surface area contributed by atoms with Gasteiger partial charge in [0.25, 0.3) is 0 Å². The molecule has 0 radical (unpaired) electrons. The van der Waals surface area contributed by atoms with Crippen LogP contribution in [0.1, 0.15) is 56.6 Å². The Morgan fingerprint density at radius 2 is 2.00 bits per heavy atom. The smallest absolute Gasteiger partial charge is 0.153 e. The van der Waals surface area contributed by atoms with Crippen LogP contribution in [0.25, 0.3) is 0 Å². The Labute approximate surface area is 109 Å². The number of nitrogens with zero attached hydrogens (tertiary/aromatic N) is 3. The molecule has 1 aliphatic heterocycles. The van der Waals surface area contributed by atoms with Gasteiger partial charge in [0.1, 0.15) is 5.82 Å². The minimum atomic E-state index is 0.668. The molecule has 1 aromatic heterocycles. The highest BCUT2D eigenvalue weighted by Crippen LogP contribution is 2.37. The number of hydrogen-bond acceptors (Lipinski definition) is 3. The van der Waals surface area contributed by atoms with Gasteiger partial charge < -0.3 is 4.90 Å². The van der Waals surface area contributed by atoms with E-state index in [2.05, 4.69) is 27.0 Å². The van der Waals surface area contributed by atoms with Crippen molar-refractivity contribution < 1.29 is 0 Å². The van der Waals surface area contributed by atoms with Crippen molar-refractivity contribution in [3.05, 3.63) is 11.6 Å². The molecule has 0 spiro atoms. The minimum absolute atomic E-state index is 0.668. The number of aromatic nitrogens is 3. The Morgan fingerprint density at radius 3 is 2.67 bits per heavy atom. The molecule has 2 fully saturated rings. The number of rotatable bonds is 5. The van der Waals surface area contributed by atoms with E-state index in [1.807, 2.05) is 0 Å². The van der Waals surface area contributed by atoms with E-state index in [9.17, 15) is 0 Å². The van der Waals surface area contributed by atoms with Crippen LogP contribution in [0.5, 0.6) is 0 Å². The largest absolute Gasteiger partial charge is 0.303 e. The summed E-state index contributed by atoms with van der Waals surface area (Å²) in [5, 5.41) is 7.48. The van der Waals surface area contributed by atoms with E-state index in [4.69, 9.17) is 0 Å². The molecule has 0 atom stereocenters. The summed E-state index contributed by atoms with van der Waals surface area (Å²) in [5.74, 6) is 3.65. The highest BCUT2D eigenvalue weighted by atomic mass is 15.2. The van der Waals surface area contributed by atoms with Crippen molar-refractivity contribution in [3.8, 4) is 0 Å². The van der Waals surface area contributed by atoms with Gasteiger partial charge in [0.05, 0.1) is 0 Å². The maximum atomic E-state index is 4.64. The lowest BCUT2D eigenvalue weighted by Crippen LogP contribution is -2.34. The number of likely N-dealkylation sites (tertiary alicyclic amines) is 1. The van der Waals surface area contributed by atoms with Gasteiger partial charge in [-0.05, 0) is 57.7 Å². The number of nitrogens with one attached hydrogen (secondary N) is 1. The van der Waals surface area contributed by atoms with Crippen molar-refractivity contribution in [3.63, 3.8) is 0 Å². The molecule has 1 N–H and O–H groups in total. The average molecular weight is 248 g/mol. The van der Waals surface area contributed by atoms with Crippen molar-refractivity contribution in [1.82, 2.24) is 20.1 Å². The molecular formula is C14H24N4. The molecule has 3 rings (SSSR count). The second-order valence-electron chi connectivity index (χ2n) is 5.90. The summed E-state index contributed by atoms with van der Waals surface area (Å²) in [6.45, 7) is 6.06. The van der Waals surface area contributed by atoms with Gasteiger partial charge in [0.15, 0.2) is 5.82 Å². The molecular weight excluding hydrogens is 224 g/mol. The van der Waals surface area contributed by atoms with Crippen LogP contribution in [-0.4, -0.2) is 39.7 Å². The zero-order valence-corrected chi connectivity index (χ0v) is 11.4. The first-order valence-electron chi connectivity index (χ1n) is 7.48. The van der Waals surface area contributed by atoms with Crippen LogP contribution >= 0.6 is 0 Å². The van der Waals surface area contributed by atoms with Gasteiger partial charge in [-0.15, -0.1) is 0 Å². The van der Waals surface area contributed by atoms with Gasteiger partial charge in [-0.2, -0.15) is 5.10 Å². The van der Waals surface area contributed by atoms with Crippen LogP contribution in [-0.2, 0) is 6.42 Å². The monoisotopic (exact) mass is 248 g/mol. The summed E-state index contributed by atoms with van der Waals surface area (Å²) in [7, 11) is 0. The predicted molar refractivity (Wildman–Crippen MR) is 71.5 cm³/mol. The van der Waals surface area contributed by atoms with Crippen molar-refractivity contribution in [2.24, 2.45) is 5.92 Å². The second kappa shape index (κ2) is 5.39. The molecule has 1 aromatic rings. The van der Waals surface area contributed by atoms with Crippen LogP contribution in [0.2, 0.25) is 0 Å². The second-order valence-corrected chi connectivity index (χ2v) is 5.90. The minimum Gasteiger partial charge on any atom is -0.303 e. The van der Waals surface area contributed by atoms with E-state index in [0.717, 1.165) is 24.0 Å². The quantitative estimate of drug-likeness (QED) is 0.870. The summed E-state index contributed by atoms with van der Waals surface area (Å²) in [6, 6.07) is 0. The van der Waals surface area contributed by atoms with E-state index in [1.54, 1.807) is 0 Å². The number of piperidine rings is 1. The Bertz CT molecular complexity index is 375. The first kappa shape index (κ1) is 12.2. The molecule has 100 valence electrons. The molecule has 4 heteroatoms. The summed E-state index contributed by atoms with van der Waals surface area (Å²) >= 11 is 0. The van der Waals surface area contributed by atoms with E-state index in [1.165, 1.54) is 51.7 Å². The summed E-state index contributed by atoms with van der Waals surface area (Å²) in [6.07, 6.45) is 7.58. The number of aromatic amines is 1. The molecule has 1 saturated carbocycles. The standard InChI is InChI=1S/C14H24N4/c1-2-7-18-8-5-11(6-9-18)10-13-15-14(17-16-13)12-3-4-12/h11-12H,2-10H2,1H3,(H,15,16,17). The highest BCUT2D eigenvalue weighted by Gasteiger charge is 2.28. The van der Waals surface area contributed by atoms with Crippen LogP contribution in [0, 0.1) is 5.92 Å². The Hall–Kier alpha value is -0.900. The molecule has 2 heterocycles. The van der Waals surface area contributed by atoms with Crippen molar-refractivity contribution >= 4 is 0 Å². The van der Waals surface area contributed by atoms with Gasteiger partial charge in [-0.3, -0.25) is 5.10 Å². The zero-order valence-electron chi connectivity index (χ0n) is 11.4. The molecule has 0 amide bonds. The third kappa shape index (κ3) is 2.91. The lowest BCUT2D eigenvalue weighted by Gasteiger charge is -2.31. The van der Waals surface area contributed by atoms with E-state index >= 15 is 0 Å². The molecule has 4 nitrogen and oxygen atoms in total. The van der Waals surface area contributed by atoms with Crippen LogP contribution < -0.4 is 0 Å². The maximum absolute atomic E-state index is 4.64. The first-order chi connectivity index (χ1) is 8.85. The highest BCUT2D eigenvalue weighted by molar-refractivity contribution is 5.05. The first-order valence-corrected chi connectivity index (χ1v) is 7.48. The Morgan fingerprint density at radius 1 is 1.22 bits per heavy atom. The summed E-state index contributed by atoms with van der Waals surface area (Å²) in [5.41, 5.74) is 0. The predicted octanol–water partition coefficient (Wildman–Crippen LogP) is 2.35. The number of hydrogen-bond donors (Lipinski definition) is 1. The van der Waals surface area contributed by atoms with Crippen molar-refractivity contribution in [2.45, 2.75) is 51.4 Å². The molecule has 0 unspecified atom stereocenters. The van der Waals surface area contributed by atoms with Crippen LogP contribution in [0.15, 0.2) is 0 Å². The fourth-order valence-electron chi connectivity index (χ4n) is 2.93. The Balaban J connectivity index is 1.47. The lowest BCUT2D eigenvalue weighted by molar-refractivity contribution is 0.183. The number of H-pyrrole nitrogens is 1. The van der Waals surface area contributed by atoms with Gasteiger partial charge in [0, 0.05) is 12.3 Å². The third-order valence-corrected chi connectivity index (χ3v) is 4.22. The molecule has 18 heavy (non-hydrogen) atoms. The van der Waals surface area contributed by atoms with E-state index in [0.29, 0.717) is 5.92 Å². The summed E-state index contributed by atoms with van der Waals surface area (Å²) in [4.78, 5) is 7.23. The molecule has 1 aliphatic carbocycles. The summed E-state index contributed by atoms with van der Waals surface area (Å²) < 4.78 is 0. The zero-order chi connectivity index (χ0) is 12.4. The Kier molecular flexibility index (Phi) is 3.64. The topological polar surface area (TPSA) is 44.8 Å². The lowest BCUT2D eigenvalue weighted by atomic mass is 9.93. The molecule has 0 aromatic carbocycles. The molecule has 1 saturated heterocycles. The fraction of sp³-hybridized carbons (Fsp3) is 0.857. The van der Waals surface area contributed by atoms with Gasteiger partial charge in [0.2, 0.25) is 0 Å². The molecule has 0 bridgehead atoms. The van der Waals surface area contributed by atoms with Gasteiger partial charge >= 0.3 is 0 Å². The average Bonchev–Trinajstić information content (AvgIpc) is 3.13. The molecule has 2 aliphatic rings. The van der Waals surface area contributed by atoms with Crippen LogP contribution in [0.3, 0.4) is 0 Å². The fourth-order valence-corrected chi connectivity index (χ4v) is 2.93. The van der Waals surface area contributed by atoms with Gasteiger partial charge in [-0.25, -0.2) is 4.98 Å². The maximum Gasteiger partial charge on any atom is 0.153 e. The van der Waals surface area contributed by atoms with E-state index < -0.39 is 0 Å². The van der Waals surface area contributed by atoms with Crippen molar-refractivity contribution in [1.29, 1.82) is 0 Å². The van der Waals surface area contributed by atoms with Crippen LogP contribution in [0.4, 0.5) is 0 Å². The van der Waals surface area contributed by atoms with E-state index in [-0.39, 0.29) is 0 Å². The van der Waals surface area contributed by atoms with Gasteiger partial charge in [-0.1, -0.05) is 6.92 Å². The SMILES string of the molecule is CCCN1CCC(Cc2nc(C3CC3)n[nH]2)CC1. The normalized spacial score (nSPS) is 22.5. The third-order valence-electron chi connectivity index (χ3n) is 4.22. The van der Waals surface area contributed by atoms with Crippen molar-refractivity contribution in [2.75, 3.05) is 19.6 Å².